The number of hydrogen-bond acceptors (Lipinski definition) is 5. The van der Waals surface area contributed by atoms with Crippen LogP contribution in [0.1, 0.15) is 54.0 Å². The summed E-state index contributed by atoms with van der Waals surface area (Å²) in [7, 11) is -0.731. The molecule has 1 aliphatic rings. The fraction of sp³-hybridized carbons (Fsp3) is 0.412. The van der Waals surface area contributed by atoms with E-state index in [4.69, 9.17) is 20.1 Å². The summed E-state index contributed by atoms with van der Waals surface area (Å²) in [4.78, 5) is 22.6. The number of carboxylic acid groups (broad SMARTS) is 2. The fourth-order valence-electron chi connectivity index (χ4n) is 2.43. The Morgan fingerprint density at radius 3 is 2.12 bits per heavy atom. The molecule has 0 saturated carbocycles. The van der Waals surface area contributed by atoms with Crippen molar-refractivity contribution in [1.29, 1.82) is 0 Å². The zero-order valence-corrected chi connectivity index (χ0v) is 14.7. The van der Waals surface area contributed by atoms with Gasteiger partial charge in [0.1, 0.15) is 0 Å². The molecular weight excluding hydrogens is 325 g/mol. The number of hydrogen-bond donors (Lipinski definition) is 3. The smallest absolute Gasteiger partial charge is 0.478 e. The average Bonchev–Trinajstić information content (AvgIpc) is 2.72. The number of carbonyl (C=O) groups is 2. The maximum absolute atomic E-state index is 11.4. The van der Waals surface area contributed by atoms with E-state index in [1.54, 1.807) is 0 Å². The van der Waals surface area contributed by atoms with Gasteiger partial charge in [-0.05, 0) is 56.9 Å². The van der Waals surface area contributed by atoms with E-state index < -0.39 is 30.3 Å². The van der Waals surface area contributed by atoms with Crippen LogP contribution in [-0.2, 0) is 9.31 Å². The maximum Gasteiger partial charge on any atom is 0.491 e. The highest BCUT2D eigenvalue weighted by Crippen LogP contribution is 2.38. The first-order valence-corrected chi connectivity index (χ1v) is 7.85. The van der Waals surface area contributed by atoms with Crippen molar-refractivity contribution in [3.63, 3.8) is 0 Å². The minimum Gasteiger partial charge on any atom is -0.478 e. The molecule has 8 heteroatoms. The molecule has 0 amide bonds. The molecule has 1 aliphatic heterocycles. The number of rotatable bonds is 5. The third-order valence-electron chi connectivity index (χ3n) is 4.66. The highest BCUT2D eigenvalue weighted by molar-refractivity contribution is 6.56. The summed E-state index contributed by atoms with van der Waals surface area (Å²) < 4.78 is 11.9. The van der Waals surface area contributed by atoms with Gasteiger partial charge >= 0.3 is 19.1 Å². The van der Waals surface area contributed by atoms with E-state index in [1.807, 2.05) is 27.7 Å². The van der Waals surface area contributed by atoms with Crippen LogP contribution in [0.4, 0.5) is 0 Å². The van der Waals surface area contributed by atoms with Gasteiger partial charge in [0.05, 0.1) is 22.3 Å². The summed E-state index contributed by atoms with van der Waals surface area (Å²) in [6, 6.07) is 3.81. The molecule has 4 N–H and O–H groups in total. The second kappa shape index (κ2) is 6.63. The molecule has 0 radical (unpaired) electrons. The molecule has 25 heavy (non-hydrogen) atoms. The van der Waals surface area contributed by atoms with Crippen molar-refractivity contribution >= 4 is 25.1 Å². The Balaban J connectivity index is 2.48. The van der Waals surface area contributed by atoms with Crippen molar-refractivity contribution in [1.82, 2.24) is 0 Å². The van der Waals surface area contributed by atoms with Gasteiger partial charge in [0.15, 0.2) is 0 Å². The van der Waals surface area contributed by atoms with Crippen LogP contribution in [0.3, 0.4) is 0 Å². The monoisotopic (exact) mass is 347 g/mol. The average molecular weight is 347 g/mol. The first-order chi connectivity index (χ1) is 11.5. The number of nitrogens with two attached hydrogens (primary N) is 1. The summed E-state index contributed by atoms with van der Waals surface area (Å²) in [6.07, 6.45) is 1.53. The molecule has 1 fully saturated rings. The molecule has 0 aromatic heterocycles. The van der Waals surface area contributed by atoms with Crippen LogP contribution >= 0.6 is 0 Å². The Bertz CT molecular complexity index is 725. The molecule has 2 rings (SSSR count). The number of carboxylic acids is 2. The van der Waals surface area contributed by atoms with Gasteiger partial charge in [0.2, 0.25) is 0 Å². The summed E-state index contributed by atoms with van der Waals surface area (Å²) in [5.41, 5.74) is 5.42. The zero-order chi connectivity index (χ0) is 19.0. The lowest BCUT2D eigenvalue weighted by molar-refractivity contribution is 0.00578. The first-order valence-electron chi connectivity index (χ1n) is 7.85. The molecule has 1 aromatic rings. The quantitative estimate of drug-likeness (QED) is 0.698. The molecule has 0 bridgehead atoms. The van der Waals surface area contributed by atoms with E-state index in [1.165, 1.54) is 24.3 Å². The highest BCUT2D eigenvalue weighted by atomic mass is 16.7. The molecule has 1 aromatic carbocycles. The van der Waals surface area contributed by atoms with E-state index in [-0.39, 0.29) is 23.2 Å². The lowest BCUT2D eigenvalue weighted by Crippen LogP contribution is -2.41. The van der Waals surface area contributed by atoms with Gasteiger partial charge in [-0.25, -0.2) is 9.59 Å². The Labute approximate surface area is 146 Å². The van der Waals surface area contributed by atoms with E-state index in [0.717, 1.165) is 0 Å². The van der Waals surface area contributed by atoms with Crippen LogP contribution in [0.15, 0.2) is 23.7 Å². The lowest BCUT2D eigenvalue weighted by Gasteiger charge is -2.32. The maximum atomic E-state index is 11.4. The molecule has 0 unspecified atom stereocenters. The minimum absolute atomic E-state index is 0.0125. The molecule has 0 aliphatic carbocycles. The van der Waals surface area contributed by atoms with E-state index in [0.29, 0.717) is 5.47 Å². The standard InChI is InChI=1S/C17H22BNO6/c1-16(2)17(3,4)25-18(24-16)12(9-19)8-11-7-10(14(20)21)5-6-13(11)15(22)23/h5-8H,9,19H2,1-4H3,(H,20,21)(H,22,23). The normalized spacial score (nSPS) is 19.1. The van der Waals surface area contributed by atoms with Gasteiger partial charge < -0.3 is 25.3 Å². The molecular formula is C17H22BNO6. The predicted octanol–water partition coefficient (Wildman–Crippen LogP) is 2.06. The molecule has 1 heterocycles. The van der Waals surface area contributed by atoms with E-state index >= 15 is 0 Å². The van der Waals surface area contributed by atoms with Gasteiger partial charge in [-0.1, -0.05) is 6.08 Å². The van der Waals surface area contributed by atoms with Gasteiger partial charge in [0, 0.05) is 6.54 Å². The predicted molar refractivity (Wildman–Crippen MR) is 93.5 cm³/mol. The molecule has 134 valence electrons. The summed E-state index contributed by atoms with van der Waals surface area (Å²) in [5.74, 6) is -2.30. The van der Waals surface area contributed by atoms with Crippen LogP contribution < -0.4 is 5.73 Å². The largest absolute Gasteiger partial charge is 0.491 e. The number of aromatic carboxylic acids is 2. The Morgan fingerprint density at radius 1 is 1.12 bits per heavy atom. The second-order valence-corrected chi connectivity index (χ2v) is 6.92. The minimum atomic E-state index is -1.16. The molecule has 0 atom stereocenters. The van der Waals surface area contributed by atoms with Crippen LogP contribution in [-0.4, -0.2) is 47.0 Å². The van der Waals surface area contributed by atoms with Crippen molar-refractivity contribution in [2.45, 2.75) is 38.9 Å². The SMILES string of the molecule is CC1(C)OB(C(=Cc2cc(C(=O)O)ccc2C(=O)O)CN)OC1(C)C. The topological polar surface area (TPSA) is 119 Å². The van der Waals surface area contributed by atoms with Crippen molar-refractivity contribution in [2.75, 3.05) is 6.54 Å². The number of benzene rings is 1. The summed E-state index contributed by atoms with van der Waals surface area (Å²) in [6.45, 7) is 7.67. The van der Waals surface area contributed by atoms with Gasteiger partial charge in [0.25, 0.3) is 0 Å². The second-order valence-electron chi connectivity index (χ2n) is 6.92. The van der Waals surface area contributed by atoms with Crippen LogP contribution in [0.5, 0.6) is 0 Å². The van der Waals surface area contributed by atoms with Crippen molar-refractivity contribution in [3.8, 4) is 0 Å². The van der Waals surface area contributed by atoms with Crippen LogP contribution in [0.2, 0.25) is 0 Å². The van der Waals surface area contributed by atoms with Gasteiger partial charge in [-0.2, -0.15) is 0 Å². The Kier molecular flexibility index (Phi) is 5.08. The van der Waals surface area contributed by atoms with Gasteiger partial charge in [-0.3, -0.25) is 0 Å². The third kappa shape index (κ3) is 3.76. The summed E-state index contributed by atoms with van der Waals surface area (Å²) >= 11 is 0. The van der Waals surface area contributed by atoms with Crippen LogP contribution in [0, 0.1) is 0 Å². The zero-order valence-electron chi connectivity index (χ0n) is 14.7. The molecule has 1 saturated heterocycles. The van der Waals surface area contributed by atoms with Gasteiger partial charge in [-0.15, -0.1) is 0 Å². The lowest BCUT2D eigenvalue weighted by atomic mass is 9.76. The molecule has 7 nitrogen and oxygen atoms in total. The van der Waals surface area contributed by atoms with Crippen molar-refractivity contribution in [2.24, 2.45) is 5.73 Å². The fourth-order valence-corrected chi connectivity index (χ4v) is 2.43. The first kappa shape index (κ1) is 19.2. The summed E-state index contributed by atoms with van der Waals surface area (Å²) in [5, 5.41) is 18.5. The van der Waals surface area contributed by atoms with E-state index in [2.05, 4.69) is 0 Å². The van der Waals surface area contributed by atoms with E-state index in [9.17, 15) is 14.7 Å². The Morgan fingerprint density at radius 2 is 1.68 bits per heavy atom. The Hall–Kier alpha value is -2.16. The highest BCUT2D eigenvalue weighted by Gasteiger charge is 2.52. The van der Waals surface area contributed by atoms with Crippen LogP contribution in [0.25, 0.3) is 6.08 Å². The van der Waals surface area contributed by atoms with Crippen molar-refractivity contribution in [3.05, 3.63) is 40.4 Å². The third-order valence-corrected chi connectivity index (χ3v) is 4.66. The molecule has 0 spiro atoms. The van der Waals surface area contributed by atoms with Crippen molar-refractivity contribution < 1.29 is 29.1 Å².